The second-order valence-corrected chi connectivity index (χ2v) is 6.91. The minimum atomic E-state index is -1.37. The number of rotatable bonds is 4. The van der Waals surface area contributed by atoms with Crippen LogP contribution in [0.1, 0.15) is 19.3 Å². The molecule has 1 aliphatic heterocycles. The van der Waals surface area contributed by atoms with Gasteiger partial charge in [0.05, 0.1) is 5.02 Å². The molecule has 1 saturated carbocycles. The standard InChI is InChI=1S/C16H20ClF2N3O/c17-13-2-1-12(5-14(13)18)22-4-3-11(8-22)21-15(23)10-6-16(19,7-10)9-20/h1-2,5,10-11H,3-4,6-9,20H2,(H,21,23). The van der Waals surface area contributed by atoms with E-state index in [4.69, 9.17) is 17.3 Å². The molecule has 2 aliphatic rings. The fourth-order valence-corrected chi connectivity index (χ4v) is 3.41. The van der Waals surface area contributed by atoms with Crippen LogP contribution in [0.2, 0.25) is 5.02 Å². The third kappa shape index (κ3) is 3.43. The lowest BCUT2D eigenvalue weighted by atomic mass is 9.72. The Hall–Kier alpha value is -1.40. The zero-order valence-electron chi connectivity index (χ0n) is 12.7. The number of halogens is 3. The van der Waals surface area contributed by atoms with Crippen molar-refractivity contribution in [2.75, 3.05) is 24.5 Å². The third-order valence-electron chi connectivity index (χ3n) is 4.76. The van der Waals surface area contributed by atoms with Gasteiger partial charge in [0.25, 0.3) is 0 Å². The Kier molecular flexibility index (Phi) is 4.47. The minimum Gasteiger partial charge on any atom is -0.369 e. The van der Waals surface area contributed by atoms with Crippen LogP contribution in [0, 0.1) is 11.7 Å². The van der Waals surface area contributed by atoms with E-state index >= 15 is 0 Å². The highest BCUT2D eigenvalue weighted by Gasteiger charge is 2.47. The molecule has 4 nitrogen and oxygen atoms in total. The third-order valence-corrected chi connectivity index (χ3v) is 5.07. The zero-order chi connectivity index (χ0) is 16.6. The van der Waals surface area contributed by atoms with E-state index in [9.17, 15) is 13.6 Å². The average Bonchev–Trinajstić information content (AvgIpc) is 2.95. The molecule has 0 bridgehead atoms. The minimum absolute atomic E-state index is 0.00581. The number of carbonyl (C=O) groups is 1. The van der Waals surface area contributed by atoms with Gasteiger partial charge in [0.2, 0.25) is 5.91 Å². The average molecular weight is 344 g/mol. The highest BCUT2D eigenvalue weighted by Crippen LogP contribution is 2.40. The summed E-state index contributed by atoms with van der Waals surface area (Å²) in [6, 6.07) is 4.69. The van der Waals surface area contributed by atoms with E-state index < -0.39 is 11.5 Å². The van der Waals surface area contributed by atoms with Gasteiger partial charge in [0.15, 0.2) is 0 Å². The molecule has 3 N–H and O–H groups in total. The molecule has 7 heteroatoms. The van der Waals surface area contributed by atoms with Crippen LogP contribution >= 0.6 is 11.6 Å². The first-order chi connectivity index (χ1) is 10.9. The molecule has 0 spiro atoms. The normalized spacial score (nSPS) is 30.2. The topological polar surface area (TPSA) is 58.4 Å². The molecule has 0 aromatic heterocycles. The van der Waals surface area contributed by atoms with Gasteiger partial charge in [-0.15, -0.1) is 0 Å². The summed E-state index contributed by atoms with van der Waals surface area (Å²) >= 11 is 5.69. The number of nitrogens with zero attached hydrogens (tertiary/aromatic N) is 1. The number of amides is 1. The quantitative estimate of drug-likeness (QED) is 0.881. The largest absolute Gasteiger partial charge is 0.369 e. The first kappa shape index (κ1) is 16.5. The molecule has 1 heterocycles. The van der Waals surface area contributed by atoms with E-state index in [0.717, 1.165) is 18.7 Å². The van der Waals surface area contributed by atoms with E-state index in [1.54, 1.807) is 6.07 Å². The molecule has 126 valence electrons. The van der Waals surface area contributed by atoms with Crippen molar-refractivity contribution < 1.29 is 13.6 Å². The van der Waals surface area contributed by atoms with Crippen LogP contribution in [-0.4, -0.2) is 37.3 Å². The number of carbonyl (C=O) groups excluding carboxylic acids is 1. The highest BCUT2D eigenvalue weighted by molar-refractivity contribution is 6.30. The second kappa shape index (κ2) is 6.24. The first-order valence-electron chi connectivity index (χ1n) is 7.79. The van der Waals surface area contributed by atoms with E-state index in [1.807, 2.05) is 4.90 Å². The van der Waals surface area contributed by atoms with E-state index in [0.29, 0.717) is 6.54 Å². The van der Waals surface area contributed by atoms with Crippen LogP contribution in [0.3, 0.4) is 0 Å². The Balaban J connectivity index is 1.52. The number of hydrogen-bond acceptors (Lipinski definition) is 3. The highest BCUT2D eigenvalue weighted by atomic mass is 35.5. The smallest absolute Gasteiger partial charge is 0.223 e. The van der Waals surface area contributed by atoms with Crippen LogP contribution in [-0.2, 0) is 4.79 Å². The molecule has 1 aromatic rings. The predicted molar refractivity (Wildman–Crippen MR) is 85.8 cm³/mol. The number of anilines is 1. The lowest BCUT2D eigenvalue weighted by molar-refractivity contribution is -0.134. The maximum absolute atomic E-state index is 13.8. The van der Waals surface area contributed by atoms with Crippen molar-refractivity contribution in [2.45, 2.75) is 31.0 Å². The lowest BCUT2D eigenvalue weighted by Crippen LogP contribution is -2.53. The Morgan fingerprint density at radius 1 is 1.48 bits per heavy atom. The van der Waals surface area contributed by atoms with Crippen molar-refractivity contribution >= 4 is 23.2 Å². The fraction of sp³-hybridized carbons (Fsp3) is 0.562. The Bertz CT molecular complexity index is 607. The van der Waals surface area contributed by atoms with Gasteiger partial charge in [-0.05, 0) is 37.5 Å². The molecule has 23 heavy (non-hydrogen) atoms. The number of benzene rings is 1. The molecule has 3 rings (SSSR count). The van der Waals surface area contributed by atoms with Crippen LogP contribution in [0.4, 0.5) is 14.5 Å². The van der Waals surface area contributed by atoms with Crippen molar-refractivity contribution in [1.82, 2.24) is 5.32 Å². The summed E-state index contributed by atoms with van der Waals surface area (Å²) in [6.07, 6.45) is 1.18. The molecule has 1 saturated heterocycles. The Morgan fingerprint density at radius 2 is 2.22 bits per heavy atom. The number of nitrogens with one attached hydrogen (secondary N) is 1. The van der Waals surface area contributed by atoms with Crippen molar-refractivity contribution in [2.24, 2.45) is 11.7 Å². The molecule has 0 radical (unpaired) electrons. The monoisotopic (exact) mass is 343 g/mol. The molecule has 1 aliphatic carbocycles. The summed E-state index contributed by atoms with van der Waals surface area (Å²) in [5.74, 6) is -0.848. The molecule has 2 fully saturated rings. The van der Waals surface area contributed by atoms with Gasteiger partial charge in [-0.25, -0.2) is 8.78 Å². The first-order valence-corrected chi connectivity index (χ1v) is 8.17. The van der Waals surface area contributed by atoms with E-state index in [2.05, 4.69) is 5.32 Å². The van der Waals surface area contributed by atoms with Crippen molar-refractivity contribution in [3.63, 3.8) is 0 Å². The van der Waals surface area contributed by atoms with Gasteiger partial charge in [-0.2, -0.15) is 0 Å². The zero-order valence-corrected chi connectivity index (χ0v) is 13.5. The van der Waals surface area contributed by atoms with Crippen LogP contribution < -0.4 is 16.0 Å². The molecule has 1 atom stereocenters. The van der Waals surface area contributed by atoms with Gasteiger partial charge in [0.1, 0.15) is 11.5 Å². The van der Waals surface area contributed by atoms with Gasteiger partial charge >= 0.3 is 0 Å². The van der Waals surface area contributed by atoms with Crippen molar-refractivity contribution in [3.8, 4) is 0 Å². The summed E-state index contributed by atoms with van der Waals surface area (Å²) in [4.78, 5) is 14.1. The second-order valence-electron chi connectivity index (χ2n) is 6.50. The molecular formula is C16H20ClF2N3O. The Labute approximate surface area is 139 Å². The maximum atomic E-state index is 13.8. The molecule has 1 amide bonds. The van der Waals surface area contributed by atoms with E-state index in [1.165, 1.54) is 12.1 Å². The molecule has 1 aromatic carbocycles. The van der Waals surface area contributed by atoms with Crippen LogP contribution in [0.25, 0.3) is 0 Å². The fourth-order valence-electron chi connectivity index (χ4n) is 3.29. The van der Waals surface area contributed by atoms with Crippen molar-refractivity contribution in [3.05, 3.63) is 29.0 Å². The van der Waals surface area contributed by atoms with Gasteiger partial charge < -0.3 is 16.0 Å². The molecular weight excluding hydrogens is 324 g/mol. The van der Waals surface area contributed by atoms with Gasteiger partial charge in [0, 0.05) is 37.3 Å². The number of alkyl halides is 1. The van der Waals surface area contributed by atoms with E-state index in [-0.39, 0.29) is 42.3 Å². The summed E-state index contributed by atoms with van der Waals surface area (Å²) in [6.45, 7) is 1.31. The predicted octanol–water partition coefficient (Wildman–Crippen LogP) is 2.25. The van der Waals surface area contributed by atoms with Gasteiger partial charge in [-0.1, -0.05) is 11.6 Å². The molecule has 1 unspecified atom stereocenters. The SMILES string of the molecule is NCC1(F)CC(C(=O)NC2CCN(c3ccc(Cl)c(F)c3)C2)C1. The van der Waals surface area contributed by atoms with Crippen molar-refractivity contribution in [1.29, 1.82) is 0 Å². The van der Waals surface area contributed by atoms with Crippen LogP contribution in [0.15, 0.2) is 18.2 Å². The van der Waals surface area contributed by atoms with Crippen LogP contribution in [0.5, 0.6) is 0 Å². The number of hydrogen-bond donors (Lipinski definition) is 2. The maximum Gasteiger partial charge on any atom is 0.223 e. The lowest BCUT2D eigenvalue weighted by Gasteiger charge is -2.39. The van der Waals surface area contributed by atoms with Gasteiger partial charge in [-0.3, -0.25) is 4.79 Å². The summed E-state index contributed by atoms with van der Waals surface area (Å²) < 4.78 is 27.3. The summed E-state index contributed by atoms with van der Waals surface area (Å²) in [5.41, 5.74) is 4.72. The Morgan fingerprint density at radius 3 is 2.87 bits per heavy atom. The summed E-state index contributed by atoms with van der Waals surface area (Å²) in [5, 5.41) is 3.06. The summed E-state index contributed by atoms with van der Waals surface area (Å²) in [7, 11) is 0. The number of nitrogens with two attached hydrogens (primary N) is 1.